The van der Waals surface area contributed by atoms with Crippen molar-refractivity contribution in [3.63, 3.8) is 0 Å². The van der Waals surface area contributed by atoms with E-state index < -0.39 is 0 Å². The molecule has 2 fully saturated rings. The summed E-state index contributed by atoms with van der Waals surface area (Å²) in [4.78, 5) is 0. The van der Waals surface area contributed by atoms with Crippen molar-refractivity contribution in [2.45, 2.75) is 50.9 Å². The van der Waals surface area contributed by atoms with Crippen molar-refractivity contribution >= 4 is 0 Å². The molecule has 1 aliphatic heterocycles. The first-order valence-electron chi connectivity index (χ1n) is 8.29. The molecular formula is C18H27NO2. The fourth-order valence-corrected chi connectivity index (χ4v) is 3.71. The summed E-state index contributed by atoms with van der Waals surface area (Å²) in [5, 5.41) is 3.55. The Kier molecular flexibility index (Phi) is 5.28. The third-order valence-corrected chi connectivity index (χ3v) is 4.76. The van der Waals surface area contributed by atoms with Crippen molar-refractivity contribution in [3.8, 4) is 0 Å². The van der Waals surface area contributed by atoms with Gasteiger partial charge in [0.25, 0.3) is 0 Å². The van der Waals surface area contributed by atoms with Crippen LogP contribution in [0, 0.1) is 5.92 Å². The maximum atomic E-state index is 6.36. The molecule has 1 aliphatic carbocycles. The first-order valence-corrected chi connectivity index (χ1v) is 8.29. The van der Waals surface area contributed by atoms with Crippen molar-refractivity contribution in [2.24, 2.45) is 5.92 Å². The van der Waals surface area contributed by atoms with Gasteiger partial charge in [0.15, 0.2) is 0 Å². The molecule has 1 N–H and O–H groups in total. The molecule has 3 rings (SSSR count). The van der Waals surface area contributed by atoms with Crippen LogP contribution in [-0.2, 0) is 16.1 Å². The van der Waals surface area contributed by atoms with Crippen molar-refractivity contribution < 1.29 is 9.47 Å². The van der Waals surface area contributed by atoms with Crippen LogP contribution >= 0.6 is 0 Å². The van der Waals surface area contributed by atoms with Crippen molar-refractivity contribution in [1.82, 2.24) is 5.32 Å². The summed E-state index contributed by atoms with van der Waals surface area (Å²) in [5.41, 5.74) is 2.49. The first-order chi connectivity index (χ1) is 10.3. The molecule has 0 amide bonds. The van der Waals surface area contributed by atoms with Gasteiger partial charge in [-0.05, 0) is 23.5 Å². The van der Waals surface area contributed by atoms with Gasteiger partial charge in [0, 0.05) is 20.2 Å². The fraction of sp³-hybridized carbons (Fsp3) is 0.667. The Labute approximate surface area is 128 Å². The van der Waals surface area contributed by atoms with Crippen LogP contribution in [0.1, 0.15) is 49.3 Å². The van der Waals surface area contributed by atoms with Crippen LogP contribution in [-0.4, -0.2) is 26.3 Å². The van der Waals surface area contributed by atoms with Crippen LogP contribution in [0.2, 0.25) is 0 Å². The average molecular weight is 289 g/mol. The van der Waals surface area contributed by atoms with Gasteiger partial charge in [-0.25, -0.2) is 0 Å². The van der Waals surface area contributed by atoms with Crippen molar-refractivity contribution in [3.05, 3.63) is 35.4 Å². The Hall–Kier alpha value is -0.900. The zero-order valence-electron chi connectivity index (χ0n) is 13.0. The van der Waals surface area contributed by atoms with E-state index in [0.29, 0.717) is 12.7 Å². The third-order valence-electron chi connectivity index (χ3n) is 4.76. The number of morpholine rings is 1. The van der Waals surface area contributed by atoms with Crippen molar-refractivity contribution in [2.75, 3.05) is 20.2 Å². The lowest BCUT2D eigenvalue weighted by atomic mass is 9.98. The van der Waals surface area contributed by atoms with Crippen LogP contribution in [0.3, 0.4) is 0 Å². The minimum atomic E-state index is 0.182. The molecule has 2 aliphatic rings. The third kappa shape index (κ3) is 4.06. The smallest absolute Gasteiger partial charge is 0.0953 e. The molecule has 3 heteroatoms. The van der Waals surface area contributed by atoms with E-state index in [-0.39, 0.29) is 6.10 Å². The molecule has 1 aromatic rings. The molecule has 0 bridgehead atoms. The van der Waals surface area contributed by atoms with Crippen molar-refractivity contribution in [1.29, 1.82) is 0 Å². The fourth-order valence-electron chi connectivity index (χ4n) is 3.71. The maximum absolute atomic E-state index is 6.36. The van der Waals surface area contributed by atoms with E-state index in [1.54, 1.807) is 7.11 Å². The summed E-state index contributed by atoms with van der Waals surface area (Å²) >= 11 is 0. The number of hydrogen-bond donors (Lipinski definition) is 1. The zero-order valence-corrected chi connectivity index (χ0v) is 13.0. The van der Waals surface area contributed by atoms with Gasteiger partial charge in [0.05, 0.1) is 18.8 Å². The quantitative estimate of drug-likeness (QED) is 0.900. The molecule has 116 valence electrons. The highest BCUT2D eigenvalue weighted by atomic mass is 16.5. The van der Waals surface area contributed by atoms with Gasteiger partial charge in [0.1, 0.15) is 0 Å². The largest absolute Gasteiger partial charge is 0.380 e. The minimum Gasteiger partial charge on any atom is -0.380 e. The average Bonchev–Trinajstić information content (AvgIpc) is 3.01. The number of benzene rings is 1. The van der Waals surface area contributed by atoms with E-state index >= 15 is 0 Å². The Balaban J connectivity index is 1.60. The van der Waals surface area contributed by atoms with Gasteiger partial charge in [-0.2, -0.15) is 0 Å². The van der Waals surface area contributed by atoms with E-state index in [9.17, 15) is 0 Å². The lowest BCUT2D eigenvalue weighted by Crippen LogP contribution is -2.41. The molecule has 2 unspecified atom stereocenters. The Morgan fingerprint density at radius 3 is 2.90 bits per heavy atom. The van der Waals surface area contributed by atoms with E-state index in [1.165, 1.54) is 43.2 Å². The number of nitrogens with one attached hydrogen (secondary N) is 1. The number of rotatable bonds is 5. The summed E-state index contributed by atoms with van der Waals surface area (Å²) in [7, 11) is 1.74. The lowest BCUT2D eigenvalue weighted by Gasteiger charge is -2.32. The van der Waals surface area contributed by atoms with Gasteiger partial charge < -0.3 is 14.8 Å². The van der Waals surface area contributed by atoms with Gasteiger partial charge in [0.2, 0.25) is 0 Å². The van der Waals surface area contributed by atoms with Crippen LogP contribution in [0.5, 0.6) is 0 Å². The molecule has 0 aromatic heterocycles. The minimum absolute atomic E-state index is 0.182. The first kappa shape index (κ1) is 15.0. The predicted octanol–water partition coefficient (Wildman–Crippen LogP) is 3.44. The highest BCUT2D eigenvalue weighted by Gasteiger charge is 2.27. The molecule has 1 saturated heterocycles. The highest BCUT2D eigenvalue weighted by molar-refractivity contribution is 5.25. The molecule has 1 heterocycles. The second-order valence-electron chi connectivity index (χ2n) is 6.47. The standard InChI is InChI=1S/C18H27NO2/c1-20-13-15-7-4-8-16(9-15)18-12-19-11-17(21-18)10-14-5-2-3-6-14/h4,7-9,14,17-19H,2-3,5-6,10-13H2,1H3. The van der Waals surface area contributed by atoms with Gasteiger partial charge in [-0.1, -0.05) is 49.9 Å². The van der Waals surface area contributed by atoms with Gasteiger partial charge >= 0.3 is 0 Å². The Bertz CT molecular complexity index is 443. The highest BCUT2D eigenvalue weighted by Crippen LogP contribution is 2.32. The van der Waals surface area contributed by atoms with Crippen LogP contribution in [0.15, 0.2) is 24.3 Å². The van der Waals surface area contributed by atoms with E-state index in [4.69, 9.17) is 9.47 Å². The maximum Gasteiger partial charge on any atom is 0.0953 e. The SMILES string of the molecule is COCc1cccc(C2CNCC(CC3CCCC3)O2)c1. The summed E-state index contributed by atoms with van der Waals surface area (Å²) in [6.07, 6.45) is 7.39. The lowest BCUT2D eigenvalue weighted by molar-refractivity contribution is -0.0489. The normalized spacial score (nSPS) is 27.1. The Morgan fingerprint density at radius 1 is 1.24 bits per heavy atom. The molecule has 2 atom stereocenters. The summed E-state index contributed by atoms with van der Waals surface area (Å²) in [6.45, 7) is 2.59. The summed E-state index contributed by atoms with van der Waals surface area (Å²) in [6, 6.07) is 8.60. The number of ether oxygens (including phenoxy) is 2. The monoisotopic (exact) mass is 289 g/mol. The van der Waals surface area contributed by atoms with Crippen LogP contribution < -0.4 is 5.32 Å². The number of methoxy groups -OCH3 is 1. The Morgan fingerprint density at radius 2 is 2.10 bits per heavy atom. The van der Waals surface area contributed by atoms with E-state index in [0.717, 1.165) is 19.0 Å². The van der Waals surface area contributed by atoms with Gasteiger partial charge in [-0.15, -0.1) is 0 Å². The molecule has 0 radical (unpaired) electrons. The second kappa shape index (κ2) is 7.39. The molecule has 1 saturated carbocycles. The molecule has 3 nitrogen and oxygen atoms in total. The molecule has 0 spiro atoms. The van der Waals surface area contributed by atoms with Gasteiger partial charge in [-0.3, -0.25) is 0 Å². The second-order valence-corrected chi connectivity index (χ2v) is 6.47. The predicted molar refractivity (Wildman–Crippen MR) is 84.2 cm³/mol. The summed E-state index contributed by atoms with van der Waals surface area (Å²) in [5.74, 6) is 0.885. The van der Waals surface area contributed by atoms with E-state index in [1.807, 2.05) is 0 Å². The molecule has 1 aromatic carbocycles. The number of hydrogen-bond acceptors (Lipinski definition) is 3. The molecule has 21 heavy (non-hydrogen) atoms. The molecular weight excluding hydrogens is 262 g/mol. The van der Waals surface area contributed by atoms with Crippen LogP contribution in [0.25, 0.3) is 0 Å². The topological polar surface area (TPSA) is 30.5 Å². The van der Waals surface area contributed by atoms with Crippen LogP contribution in [0.4, 0.5) is 0 Å². The summed E-state index contributed by atoms with van der Waals surface area (Å²) < 4.78 is 11.6. The van der Waals surface area contributed by atoms with E-state index in [2.05, 4.69) is 29.6 Å². The zero-order chi connectivity index (χ0) is 14.5.